The number of anilines is 1. The first-order chi connectivity index (χ1) is 7.16. The first-order valence-electron chi connectivity index (χ1n) is 5.38. The van der Waals surface area contributed by atoms with Crippen molar-refractivity contribution < 1.29 is 10.2 Å². The van der Waals surface area contributed by atoms with E-state index in [4.69, 9.17) is 0 Å². The van der Waals surface area contributed by atoms with E-state index in [0.717, 1.165) is 24.2 Å². The Hall–Kier alpha value is -1.06. The molecule has 1 heterocycles. The van der Waals surface area contributed by atoms with Gasteiger partial charge >= 0.3 is 0 Å². The smallest absolute Gasteiger partial charge is 0.0761 e. The van der Waals surface area contributed by atoms with Gasteiger partial charge < -0.3 is 15.1 Å². The summed E-state index contributed by atoms with van der Waals surface area (Å²) in [5.41, 5.74) is 2.05. The number of aliphatic hydroxyl groups is 2. The molecule has 0 bridgehead atoms. The molecule has 1 aliphatic heterocycles. The van der Waals surface area contributed by atoms with E-state index in [1.807, 2.05) is 24.3 Å². The molecule has 3 nitrogen and oxygen atoms in total. The van der Waals surface area contributed by atoms with E-state index >= 15 is 0 Å². The van der Waals surface area contributed by atoms with Gasteiger partial charge in [-0.05, 0) is 31.0 Å². The number of nitrogens with zero attached hydrogens (tertiary/aromatic N) is 1. The molecule has 3 heteroatoms. The van der Waals surface area contributed by atoms with E-state index in [1.54, 1.807) is 6.92 Å². The molecule has 0 radical (unpaired) electrons. The van der Waals surface area contributed by atoms with Gasteiger partial charge in [0, 0.05) is 18.8 Å². The molecule has 2 unspecified atom stereocenters. The molecule has 1 aromatic carbocycles. The van der Waals surface area contributed by atoms with Gasteiger partial charge in [-0.3, -0.25) is 0 Å². The van der Waals surface area contributed by atoms with Crippen molar-refractivity contribution in [3.8, 4) is 0 Å². The maximum atomic E-state index is 9.42. The molecule has 82 valence electrons. The molecule has 1 aliphatic rings. The second-order valence-corrected chi connectivity index (χ2v) is 4.16. The lowest BCUT2D eigenvalue weighted by atomic mass is 10.1. The van der Waals surface area contributed by atoms with Crippen LogP contribution in [-0.2, 0) is 0 Å². The summed E-state index contributed by atoms with van der Waals surface area (Å²) in [5, 5.41) is 18.8. The Balaban J connectivity index is 2.10. The fourth-order valence-electron chi connectivity index (χ4n) is 1.94. The third-order valence-electron chi connectivity index (χ3n) is 2.90. The Morgan fingerprint density at radius 2 is 2.00 bits per heavy atom. The van der Waals surface area contributed by atoms with Gasteiger partial charge in [0.2, 0.25) is 0 Å². The zero-order valence-electron chi connectivity index (χ0n) is 8.93. The van der Waals surface area contributed by atoms with E-state index in [-0.39, 0.29) is 6.10 Å². The minimum Gasteiger partial charge on any atom is -0.391 e. The average Bonchev–Trinajstić information content (AvgIpc) is 2.65. The molecule has 2 N–H and O–H groups in total. The predicted octanol–water partition coefficient (Wildman–Crippen LogP) is 1.31. The summed E-state index contributed by atoms with van der Waals surface area (Å²) in [6.07, 6.45) is 0.239. The van der Waals surface area contributed by atoms with Crippen molar-refractivity contribution in [2.75, 3.05) is 18.0 Å². The van der Waals surface area contributed by atoms with Crippen LogP contribution in [0.25, 0.3) is 0 Å². The normalized spacial score (nSPS) is 23.1. The monoisotopic (exact) mass is 207 g/mol. The van der Waals surface area contributed by atoms with Crippen molar-refractivity contribution in [2.24, 2.45) is 0 Å². The average molecular weight is 207 g/mol. The molecule has 2 atom stereocenters. The van der Waals surface area contributed by atoms with E-state index in [2.05, 4.69) is 4.90 Å². The van der Waals surface area contributed by atoms with Crippen LogP contribution in [0.5, 0.6) is 0 Å². The van der Waals surface area contributed by atoms with Crippen molar-refractivity contribution in [3.05, 3.63) is 29.8 Å². The van der Waals surface area contributed by atoms with Gasteiger partial charge in [0.05, 0.1) is 12.2 Å². The van der Waals surface area contributed by atoms with E-state index in [1.165, 1.54) is 0 Å². The van der Waals surface area contributed by atoms with Crippen LogP contribution >= 0.6 is 0 Å². The van der Waals surface area contributed by atoms with Crippen molar-refractivity contribution in [3.63, 3.8) is 0 Å². The van der Waals surface area contributed by atoms with E-state index < -0.39 is 6.10 Å². The predicted molar refractivity (Wildman–Crippen MR) is 59.9 cm³/mol. The zero-order valence-corrected chi connectivity index (χ0v) is 8.93. The highest BCUT2D eigenvalue weighted by Crippen LogP contribution is 2.22. The summed E-state index contributed by atoms with van der Waals surface area (Å²) in [7, 11) is 0. The molecule has 1 saturated heterocycles. The van der Waals surface area contributed by atoms with Crippen molar-refractivity contribution in [1.29, 1.82) is 0 Å². The molecule has 0 aromatic heterocycles. The molecular weight excluding hydrogens is 190 g/mol. The molecular formula is C12H17NO2. The van der Waals surface area contributed by atoms with Crippen LogP contribution in [0, 0.1) is 0 Å². The topological polar surface area (TPSA) is 43.7 Å². The van der Waals surface area contributed by atoms with Crippen LogP contribution in [0.2, 0.25) is 0 Å². The zero-order chi connectivity index (χ0) is 10.8. The van der Waals surface area contributed by atoms with E-state index in [9.17, 15) is 10.2 Å². The molecule has 1 aromatic rings. The van der Waals surface area contributed by atoms with E-state index in [0.29, 0.717) is 6.54 Å². The summed E-state index contributed by atoms with van der Waals surface area (Å²) in [6, 6.07) is 7.87. The summed E-state index contributed by atoms with van der Waals surface area (Å²) < 4.78 is 0. The summed E-state index contributed by atoms with van der Waals surface area (Å²) >= 11 is 0. The Labute approximate surface area is 90.0 Å². The number of aliphatic hydroxyl groups excluding tert-OH is 2. The number of benzene rings is 1. The Morgan fingerprint density at radius 3 is 2.47 bits per heavy atom. The van der Waals surface area contributed by atoms with Crippen LogP contribution in [0.3, 0.4) is 0 Å². The minimum absolute atomic E-state index is 0.193. The SMILES string of the molecule is CC(O)c1ccc(N2CCC(O)C2)cc1. The van der Waals surface area contributed by atoms with Crippen LogP contribution in [-0.4, -0.2) is 29.4 Å². The lowest BCUT2D eigenvalue weighted by Gasteiger charge is -2.18. The molecule has 2 rings (SSSR count). The van der Waals surface area contributed by atoms with Crippen LogP contribution in [0.1, 0.15) is 25.0 Å². The number of rotatable bonds is 2. The van der Waals surface area contributed by atoms with Gasteiger partial charge in [-0.25, -0.2) is 0 Å². The number of hydrogen-bond acceptors (Lipinski definition) is 3. The highest BCUT2D eigenvalue weighted by molar-refractivity contribution is 5.48. The van der Waals surface area contributed by atoms with Crippen LogP contribution in [0.4, 0.5) is 5.69 Å². The van der Waals surface area contributed by atoms with Crippen LogP contribution < -0.4 is 4.90 Å². The van der Waals surface area contributed by atoms with Gasteiger partial charge in [-0.2, -0.15) is 0 Å². The van der Waals surface area contributed by atoms with Crippen molar-refractivity contribution >= 4 is 5.69 Å². The molecule has 15 heavy (non-hydrogen) atoms. The summed E-state index contributed by atoms with van der Waals surface area (Å²) in [5.74, 6) is 0. The third-order valence-corrected chi connectivity index (χ3v) is 2.90. The molecule has 0 spiro atoms. The molecule has 1 fully saturated rings. The highest BCUT2D eigenvalue weighted by Gasteiger charge is 2.20. The maximum absolute atomic E-state index is 9.42. The standard InChI is InChI=1S/C12H17NO2/c1-9(14)10-2-4-11(5-3-10)13-7-6-12(15)8-13/h2-5,9,12,14-15H,6-8H2,1H3. The summed E-state index contributed by atoms with van der Waals surface area (Å²) in [4.78, 5) is 2.16. The summed E-state index contributed by atoms with van der Waals surface area (Å²) in [6.45, 7) is 3.39. The van der Waals surface area contributed by atoms with Crippen LogP contribution in [0.15, 0.2) is 24.3 Å². The Morgan fingerprint density at radius 1 is 1.33 bits per heavy atom. The van der Waals surface area contributed by atoms with Gasteiger partial charge in [0.1, 0.15) is 0 Å². The minimum atomic E-state index is -0.414. The van der Waals surface area contributed by atoms with Gasteiger partial charge in [0.25, 0.3) is 0 Å². The fraction of sp³-hybridized carbons (Fsp3) is 0.500. The second-order valence-electron chi connectivity index (χ2n) is 4.16. The number of β-amino-alcohol motifs (C(OH)–C–C–N with tert-alkyl or cyclic N) is 1. The van der Waals surface area contributed by atoms with Gasteiger partial charge in [-0.1, -0.05) is 12.1 Å². The molecule has 0 amide bonds. The first kappa shape index (κ1) is 10.5. The fourth-order valence-corrected chi connectivity index (χ4v) is 1.94. The number of hydrogen-bond donors (Lipinski definition) is 2. The van der Waals surface area contributed by atoms with Crippen molar-refractivity contribution in [2.45, 2.75) is 25.6 Å². The van der Waals surface area contributed by atoms with Crippen molar-refractivity contribution in [1.82, 2.24) is 0 Å². The largest absolute Gasteiger partial charge is 0.391 e. The lowest BCUT2D eigenvalue weighted by Crippen LogP contribution is -2.20. The maximum Gasteiger partial charge on any atom is 0.0761 e. The highest BCUT2D eigenvalue weighted by atomic mass is 16.3. The van der Waals surface area contributed by atoms with Gasteiger partial charge in [0.15, 0.2) is 0 Å². The Bertz CT molecular complexity index is 321. The Kier molecular flexibility index (Phi) is 2.93. The quantitative estimate of drug-likeness (QED) is 0.768. The third kappa shape index (κ3) is 2.30. The molecule has 0 aliphatic carbocycles. The van der Waals surface area contributed by atoms with Gasteiger partial charge in [-0.15, -0.1) is 0 Å². The first-order valence-corrected chi connectivity index (χ1v) is 5.38. The molecule has 0 saturated carbocycles. The lowest BCUT2D eigenvalue weighted by molar-refractivity contribution is 0.198. The second kappa shape index (κ2) is 4.21.